The molecule has 3 aliphatic rings. The standard InChI is InChI=1S/C52H37N.C2H6/c1-51(2)44-23-11-6-19-38(44)42-30-28-35(32-48(42)51)53(50-27-15-10-18-37(50)34-16-4-3-5-17-34)36-29-31-43-41-22-9-14-26-47(41)52(49(43)33-36)45-24-12-7-20-39(45)40-21-8-13-25-46(40)52;1-2/h3-33H,1-2H3;1-2H3. The molecule has 8 aromatic carbocycles. The molecule has 0 saturated heterocycles. The van der Waals surface area contributed by atoms with Crippen LogP contribution in [0.2, 0.25) is 0 Å². The van der Waals surface area contributed by atoms with E-state index in [0.717, 1.165) is 17.1 Å². The van der Waals surface area contributed by atoms with Crippen LogP contribution in [-0.4, -0.2) is 0 Å². The van der Waals surface area contributed by atoms with Gasteiger partial charge in [-0.2, -0.15) is 0 Å². The van der Waals surface area contributed by atoms with Gasteiger partial charge in [0.05, 0.1) is 11.1 Å². The van der Waals surface area contributed by atoms with Crippen LogP contribution < -0.4 is 4.90 Å². The SMILES string of the molecule is CC.CC1(C)c2ccccc2-c2ccc(N(c3ccc4c(c3)C3(c5ccccc5-c5ccccc53)c3ccccc3-4)c3ccccc3-c3ccccc3)cc21. The fraction of sp³-hybridized carbons (Fsp3) is 0.111. The van der Waals surface area contributed by atoms with E-state index in [1.54, 1.807) is 0 Å². The molecule has 0 saturated carbocycles. The predicted molar refractivity (Wildman–Crippen MR) is 232 cm³/mol. The van der Waals surface area contributed by atoms with E-state index in [9.17, 15) is 0 Å². The summed E-state index contributed by atoms with van der Waals surface area (Å²) in [6.45, 7) is 8.74. The van der Waals surface area contributed by atoms with E-state index in [-0.39, 0.29) is 5.41 Å². The van der Waals surface area contributed by atoms with Gasteiger partial charge in [0.25, 0.3) is 0 Å². The van der Waals surface area contributed by atoms with Crippen LogP contribution in [0, 0.1) is 0 Å². The lowest BCUT2D eigenvalue weighted by molar-refractivity contribution is 0.660. The van der Waals surface area contributed by atoms with Gasteiger partial charge < -0.3 is 4.90 Å². The van der Waals surface area contributed by atoms with E-state index >= 15 is 0 Å². The Bertz CT molecular complexity index is 2710. The Kier molecular flexibility index (Phi) is 7.58. The first-order chi connectivity index (χ1) is 27.1. The molecule has 3 aliphatic carbocycles. The summed E-state index contributed by atoms with van der Waals surface area (Å²) in [7, 11) is 0. The van der Waals surface area contributed by atoms with Crippen molar-refractivity contribution in [3.05, 3.63) is 221 Å². The molecule has 0 N–H and O–H groups in total. The van der Waals surface area contributed by atoms with Crippen LogP contribution in [0.3, 0.4) is 0 Å². The molecule has 0 bridgehead atoms. The molecule has 0 unspecified atom stereocenters. The molecule has 0 aliphatic heterocycles. The van der Waals surface area contributed by atoms with Crippen LogP contribution in [0.1, 0.15) is 61.1 Å². The maximum absolute atomic E-state index is 2.51. The molecule has 55 heavy (non-hydrogen) atoms. The third-order valence-electron chi connectivity index (χ3n) is 12.3. The van der Waals surface area contributed by atoms with Crippen molar-refractivity contribution in [1.82, 2.24) is 0 Å². The summed E-state index contributed by atoms with van der Waals surface area (Å²) in [6, 6.07) is 70.2. The van der Waals surface area contributed by atoms with Gasteiger partial charge in [0.2, 0.25) is 0 Å². The van der Waals surface area contributed by atoms with Gasteiger partial charge in [-0.05, 0) is 103 Å². The summed E-state index contributed by atoms with van der Waals surface area (Å²) < 4.78 is 0. The topological polar surface area (TPSA) is 3.24 Å². The van der Waals surface area contributed by atoms with Gasteiger partial charge in [-0.15, -0.1) is 0 Å². The molecule has 1 nitrogen and oxygen atoms in total. The van der Waals surface area contributed by atoms with Gasteiger partial charge >= 0.3 is 0 Å². The molecule has 264 valence electrons. The van der Waals surface area contributed by atoms with Crippen LogP contribution >= 0.6 is 0 Å². The number of nitrogens with zero attached hydrogens (tertiary/aromatic N) is 1. The molecule has 1 spiro atoms. The first kappa shape index (κ1) is 33.2. The zero-order chi connectivity index (χ0) is 37.3. The number of hydrogen-bond acceptors (Lipinski definition) is 1. The average Bonchev–Trinajstić information content (AvgIpc) is 3.81. The molecular formula is C54H43N. The highest BCUT2D eigenvalue weighted by Crippen LogP contribution is 2.63. The lowest BCUT2D eigenvalue weighted by atomic mass is 9.70. The van der Waals surface area contributed by atoms with Crippen molar-refractivity contribution in [3.63, 3.8) is 0 Å². The van der Waals surface area contributed by atoms with Gasteiger partial charge in [-0.1, -0.05) is 185 Å². The highest BCUT2D eigenvalue weighted by Gasteiger charge is 2.51. The average molecular weight is 706 g/mol. The lowest BCUT2D eigenvalue weighted by Gasteiger charge is -2.33. The number of para-hydroxylation sites is 1. The fourth-order valence-electron chi connectivity index (χ4n) is 10.0. The maximum atomic E-state index is 2.51. The third-order valence-corrected chi connectivity index (χ3v) is 12.3. The van der Waals surface area contributed by atoms with Crippen molar-refractivity contribution in [1.29, 1.82) is 0 Å². The Labute approximate surface area is 325 Å². The van der Waals surface area contributed by atoms with Crippen molar-refractivity contribution in [2.75, 3.05) is 4.90 Å². The number of hydrogen-bond donors (Lipinski definition) is 0. The van der Waals surface area contributed by atoms with Crippen molar-refractivity contribution < 1.29 is 0 Å². The number of anilines is 3. The molecule has 8 aromatic rings. The molecule has 0 amide bonds. The van der Waals surface area contributed by atoms with Crippen molar-refractivity contribution in [2.45, 2.75) is 38.5 Å². The van der Waals surface area contributed by atoms with Crippen LogP contribution in [-0.2, 0) is 10.8 Å². The smallest absolute Gasteiger partial charge is 0.0726 e. The van der Waals surface area contributed by atoms with Crippen molar-refractivity contribution in [3.8, 4) is 44.5 Å². The van der Waals surface area contributed by atoms with Crippen molar-refractivity contribution >= 4 is 17.1 Å². The summed E-state index contributed by atoms with van der Waals surface area (Å²) >= 11 is 0. The predicted octanol–water partition coefficient (Wildman–Crippen LogP) is 14.5. The normalized spacial score (nSPS) is 14.1. The van der Waals surface area contributed by atoms with E-state index in [1.165, 1.54) is 77.9 Å². The van der Waals surface area contributed by atoms with Gasteiger partial charge in [0.15, 0.2) is 0 Å². The minimum atomic E-state index is -0.415. The van der Waals surface area contributed by atoms with E-state index in [0.29, 0.717) is 0 Å². The fourth-order valence-corrected chi connectivity index (χ4v) is 10.0. The summed E-state index contributed by atoms with van der Waals surface area (Å²) in [4.78, 5) is 2.51. The number of fused-ring (bicyclic) bond motifs is 13. The highest BCUT2D eigenvalue weighted by molar-refractivity contribution is 5.97. The Hall–Kier alpha value is -6.44. The third kappa shape index (κ3) is 4.60. The molecule has 1 heteroatoms. The van der Waals surface area contributed by atoms with Gasteiger partial charge in [-0.3, -0.25) is 0 Å². The van der Waals surface area contributed by atoms with E-state index in [1.807, 2.05) is 13.8 Å². The zero-order valence-electron chi connectivity index (χ0n) is 31.8. The second-order valence-corrected chi connectivity index (χ2v) is 15.2. The quantitative estimate of drug-likeness (QED) is 0.176. The van der Waals surface area contributed by atoms with Crippen molar-refractivity contribution in [2.24, 2.45) is 0 Å². The molecule has 0 fully saturated rings. The van der Waals surface area contributed by atoms with Gasteiger partial charge in [0.1, 0.15) is 0 Å². The van der Waals surface area contributed by atoms with Crippen LogP contribution in [0.4, 0.5) is 17.1 Å². The highest BCUT2D eigenvalue weighted by atomic mass is 15.1. The molecule has 0 aromatic heterocycles. The summed E-state index contributed by atoms with van der Waals surface area (Å²) in [5.41, 5.74) is 21.4. The second-order valence-electron chi connectivity index (χ2n) is 15.2. The molecular weight excluding hydrogens is 663 g/mol. The van der Waals surface area contributed by atoms with Gasteiger partial charge in [-0.25, -0.2) is 0 Å². The van der Waals surface area contributed by atoms with E-state index < -0.39 is 5.41 Å². The Morgan fingerprint density at radius 1 is 0.327 bits per heavy atom. The molecule has 0 radical (unpaired) electrons. The second kappa shape index (κ2) is 12.6. The van der Waals surface area contributed by atoms with Gasteiger partial charge in [0, 0.05) is 22.4 Å². The minimum Gasteiger partial charge on any atom is -0.310 e. The molecule has 0 atom stereocenters. The lowest BCUT2D eigenvalue weighted by Crippen LogP contribution is -2.26. The Morgan fingerprint density at radius 2 is 0.709 bits per heavy atom. The van der Waals surface area contributed by atoms with Crippen LogP contribution in [0.15, 0.2) is 188 Å². The molecule has 11 rings (SSSR count). The zero-order valence-corrected chi connectivity index (χ0v) is 31.8. The Balaban J connectivity index is 0.00000183. The summed E-state index contributed by atoms with van der Waals surface area (Å²) in [5.74, 6) is 0. The largest absolute Gasteiger partial charge is 0.310 e. The molecule has 0 heterocycles. The first-order valence-corrected chi connectivity index (χ1v) is 19.7. The first-order valence-electron chi connectivity index (χ1n) is 19.7. The minimum absolute atomic E-state index is 0.118. The summed E-state index contributed by atoms with van der Waals surface area (Å²) in [6.07, 6.45) is 0. The van der Waals surface area contributed by atoms with E-state index in [4.69, 9.17) is 0 Å². The summed E-state index contributed by atoms with van der Waals surface area (Å²) in [5, 5.41) is 0. The number of benzene rings is 8. The van der Waals surface area contributed by atoms with Crippen LogP contribution in [0.5, 0.6) is 0 Å². The van der Waals surface area contributed by atoms with Crippen LogP contribution in [0.25, 0.3) is 44.5 Å². The maximum Gasteiger partial charge on any atom is 0.0726 e. The van der Waals surface area contributed by atoms with E-state index in [2.05, 4.69) is 207 Å². The Morgan fingerprint density at radius 3 is 1.25 bits per heavy atom. The number of rotatable bonds is 4. The monoisotopic (exact) mass is 705 g/mol.